The number of ether oxygens (including phenoxy) is 1. The topological polar surface area (TPSA) is 69.4 Å². The summed E-state index contributed by atoms with van der Waals surface area (Å²) in [6.45, 7) is 3.76. The second-order valence-electron chi connectivity index (χ2n) is 4.62. The number of nitrogens with two attached hydrogens (primary N) is 1. The van der Waals surface area contributed by atoms with Crippen LogP contribution in [0.15, 0.2) is 30.3 Å². The van der Waals surface area contributed by atoms with Gasteiger partial charge in [-0.1, -0.05) is 37.3 Å². The van der Waals surface area contributed by atoms with Crippen LogP contribution in [0, 0.1) is 5.41 Å². The van der Waals surface area contributed by atoms with E-state index in [1.165, 1.54) is 0 Å². The van der Waals surface area contributed by atoms with E-state index in [1.807, 2.05) is 37.3 Å². The van der Waals surface area contributed by atoms with Crippen molar-refractivity contribution in [3.63, 3.8) is 0 Å². The number of hydrogen-bond donors (Lipinski definition) is 1. The number of amides is 1. The zero-order valence-corrected chi connectivity index (χ0v) is 10.8. The molecule has 0 aliphatic carbocycles. The van der Waals surface area contributed by atoms with E-state index < -0.39 is 11.3 Å². The van der Waals surface area contributed by atoms with Crippen LogP contribution in [-0.2, 0) is 20.9 Å². The number of carbonyl (C=O) groups excluding carboxylic acids is 2. The van der Waals surface area contributed by atoms with E-state index in [1.54, 1.807) is 6.92 Å². The summed E-state index contributed by atoms with van der Waals surface area (Å²) in [5.74, 6) is -0.872. The minimum Gasteiger partial charge on any atom is -0.460 e. The van der Waals surface area contributed by atoms with Gasteiger partial charge in [-0.3, -0.25) is 9.59 Å². The normalized spacial score (nSPS) is 13.7. The first-order chi connectivity index (χ1) is 8.48. The molecule has 0 saturated carbocycles. The molecule has 1 aromatic rings. The molecule has 1 rings (SSSR count). The van der Waals surface area contributed by atoms with E-state index >= 15 is 0 Å². The molecule has 1 amide bonds. The van der Waals surface area contributed by atoms with Crippen molar-refractivity contribution >= 4 is 11.9 Å². The molecule has 1 unspecified atom stereocenters. The van der Waals surface area contributed by atoms with Gasteiger partial charge in [-0.25, -0.2) is 0 Å². The highest BCUT2D eigenvalue weighted by Gasteiger charge is 2.34. The van der Waals surface area contributed by atoms with E-state index in [2.05, 4.69) is 0 Å². The first kappa shape index (κ1) is 14.2. The Morgan fingerprint density at radius 3 is 2.39 bits per heavy atom. The zero-order chi connectivity index (χ0) is 13.6. The third-order valence-corrected chi connectivity index (χ3v) is 3.05. The molecule has 0 bridgehead atoms. The van der Waals surface area contributed by atoms with Crippen molar-refractivity contribution in [3.8, 4) is 0 Å². The van der Waals surface area contributed by atoms with Crippen LogP contribution in [0.2, 0.25) is 0 Å². The fourth-order valence-electron chi connectivity index (χ4n) is 1.62. The third kappa shape index (κ3) is 3.87. The van der Waals surface area contributed by atoms with Crippen molar-refractivity contribution < 1.29 is 14.3 Å². The van der Waals surface area contributed by atoms with Gasteiger partial charge in [-0.2, -0.15) is 0 Å². The molecule has 18 heavy (non-hydrogen) atoms. The molecular weight excluding hydrogens is 230 g/mol. The number of rotatable bonds is 6. The molecule has 0 heterocycles. The SMILES string of the molecule is CCC(C)(CC(N)=O)C(=O)OCc1ccccc1. The van der Waals surface area contributed by atoms with Crippen molar-refractivity contribution in [2.75, 3.05) is 0 Å². The molecule has 1 atom stereocenters. The van der Waals surface area contributed by atoms with Gasteiger partial charge in [0.15, 0.2) is 0 Å². The van der Waals surface area contributed by atoms with Crippen LogP contribution < -0.4 is 5.73 Å². The van der Waals surface area contributed by atoms with Crippen molar-refractivity contribution in [2.45, 2.75) is 33.3 Å². The summed E-state index contributed by atoms with van der Waals surface area (Å²) in [7, 11) is 0. The molecule has 1 aromatic carbocycles. The quantitative estimate of drug-likeness (QED) is 0.784. The van der Waals surface area contributed by atoms with E-state index in [4.69, 9.17) is 10.5 Å². The molecule has 98 valence electrons. The van der Waals surface area contributed by atoms with Gasteiger partial charge >= 0.3 is 5.97 Å². The Balaban J connectivity index is 2.60. The Morgan fingerprint density at radius 1 is 1.28 bits per heavy atom. The smallest absolute Gasteiger partial charge is 0.312 e. The first-order valence-corrected chi connectivity index (χ1v) is 5.97. The highest BCUT2D eigenvalue weighted by molar-refractivity contribution is 5.84. The Kier molecular flexibility index (Phi) is 4.89. The fourth-order valence-corrected chi connectivity index (χ4v) is 1.62. The lowest BCUT2D eigenvalue weighted by Gasteiger charge is -2.24. The number of carbonyl (C=O) groups is 2. The molecule has 0 radical (unpaired) electrons. The lowest BCUT2D eigenvalue weighted by atomic mass is 9.84. The molecule has 4 nitrogen and oxygen atoms in total. The van der Waals surface area contributed by atoms with E-state index in [0.717, 1.165) is 5.56 Å². The van der Waals surface area contributed by atoms with Crippen LogP contribution in [0.3, 0.4) is 0 Å². The minimum absolute atomic E-state index is 0.0110. The van der Waals surface area contributed by atoms with Gasteiger partial charge < -0.3 is 10.5 Å². The first-order valence-electron chi connectivity index (χ1n) is 5.97. The maximum Gasteiger partial charge on any atom is 0.312 e. The van der Waals surface area contributed by atoms with Crippen LogP contribution in [0.25, 0.3) is 0 Å². The molecule has 0 aromatic heterocycles. The molecule has 0 aliphatic heterocycles. The monoisotopic (exact) mass is 249 g/mol. The van der Waals surface area contributed by atoms with Gasteiger partial charge in [0, 0.05) is 6.42 Å². The van der Waals surface area contributed by atoms with Gasteiger partial charge in [0.2, 0.25) is 5.91 Å². The van der Waals surface area contributed by atoms with Crippen molar-refractivity contribution in [1.29, 1.82) is 0 Å². The Morgan fingerprint density at radius 2 is 1.89 bits per heavy atom. The minimum atomic E-state index is -0.833. The zero-order valence-electron chi connectivity index (χ0n) is 10.8. The Labute approximate surface area is 107 Å². The molecule has 0 aliphatic rings. The second-order valence-corrected chi connectivity index (χ2v) is 4.62. The highest BCUT2D eigenvalue weighted by Crippen LogP contribution is 2.27. The summed E-state index contributed by atoms with van der Waals surface area (Å²) in [6.07, 6.45) is 0.528. The average molecular weight is 249 g/mol. The molecule has 2 N–H and O–H groups in total. The summed E-state index contributed by atoms with van der Waals surface area (Å²) in [4.78, 5) is 22.9. The van der Waals surface area contributed by atoms with Gasteiger partial charge in [0.1, 0.15) is 6.61 Å². The van der Waals surface area contributed by atoms with Crippen LogP contribution in [-0.4, -0.2) is 11.9 Å². The summed E-state index contributed by atoms with van der Waals surface area (Å²) in [5.41, 5.74) is 5.24. The number of esters is 1. The highest BCUT2D eigenvalue weighted by atomic mass is 16.5. The van der Waals surface area contributed by atoms with Crippen LogP contribution >= 0.6 is 0 Å². The summed E-state index contributed by atoms with van der Waals surface area (Å²) >= 11 is 0. The molecule has 0 fully saturated rings. The number of benzene rings is 1. The lowest BCUT2D eigenvalue weighted by molar-refractivity contribution is -0.158. The number of hydrogen-bond acceptors (Lipinski definition) is 3. The van der Waals surface area contributed by atoms with Crippen LogP contribution in [0.1, 0.15) is 32.3 Å². The van der Waals surface area contributed by atoms with Gasteiger partial charge in [0.25, 0.3) is 0 Å². The van der Waals surface area contributed by atoms with Gasteiger partial charge in [0.05, 0.1) is 5.41 Å². The lowest BCUT2D eigenvalue weighted by Crippen LogP contribution is -2.34. The van der Waals surface area contributed by atoms with E-state index in [9.17, 15) is 9.59 Å². The average Bonchev–Trinajstić information content (AvgIpc) is 2.36. The van der Waals surface area contributed by atoms with Crippen LogP contribution in [0.5, 0.6) is 0 Å². The van der Waals surface area contributed by atoms with Crippen molar-refractivity contribution in [2.24, 2.45) is 11.1 Å². The summed E-state index contributed by atoms with van der Waals surface area (Å²) in [6, 6.07) is 9.42. The molecule has 0 spiro atoms. The van der Waals surface area contributed by atoms with E-state index in [0.29, 0.717) is 6.42 Å². The predicted molar refractivity (Wildman–Crippen MR) is 68.4 cm³/mol. The summed E-state index contributed by atoms with van der Waals surface area (Å²) < 4.78 is 5.24. The maximum atomic E-state index is 12.0. The molecule has 4 heteroatoms. The van der Waals surface area contributed by atoms with Gasteiger partial charge in [-0.05, 0) is 18.9 Å². The molecular formula is C14H19NO3. The number of primary amides is 1. The standard InChI is InChI=1S/C14H19NO3/c1-3-14(2,9-12(15)16)13(17)18-10-11-7-5-4-6-8-11/h4-8H,3,9-10H2,1-2H3,(H2,15,16). The van der Waals surface area contributed by atoms with Crippen molar-refractivity contribution in [1.82, 2.24) is 0 Å². The fraction of sp³-hybridized carbons (Fsp3) is 0.429. The third-order valence-electron chi connectivity index (χ3n) is 3.05. The predicted octanol–water partition coefficient (Wildman–Crippen LogP) is 2.02. The van der Waals surface area contributed by atoms with E-state index in [-0.39, 0.29) is 19.0 Å². The Bertz CT molecular complexity index is 416. The summed E-state index contributed by atoms with van der Waals surface area (Å²) in [5, 5.41) is 0. The maximum absolute atomic E-state index is 12.0. The van der Waals surface area contributed by atoms with Crippen LogP contribution in [0.4, 0.5) is 0 Å². The largest absolute Gasteiger partial charge is 0.460 e. The molecule has 0 saturated heterocycles. The van der Waals surface area contributed by atoms with Crippen molar-refractivity contribution in [3.05, 3.63) is 35.9 Å². The Hall–Kier alpha value is -1.84. The van der Waals surface area contributed by atoms with Gasteiger partial charge in [-0.15, -0.1) is 0 Å². The second kappa shape index (κ2) is 6.19.